The summed E-state index contributed by atoms with van der Waals surface area (Å²) in [7, 11) is 0. The third kappa shape index (κ3) is 6.01. The number of hydrogen-bond donors (Lipinski definition) is 4. The number of aromatic nitrogens is 2. The second kappa shape index (κ2) is 12.2. The SMILES string of the molecule is CCOCC(COCC)(OCC)C(=O)ONc1ccn([C@@H]2O[C@H](CO)[C@@H](O)[C@H]2O)c(=O)n1. The molecule has 2 rings (SSSR count). The lowest BCUT2D eigenvalue weighted by Gasteiger charge is -2.30. The Morgan fingerprint density at radius 1 is 1.19 bits per heavy atom. The minimum absolute atomic E-state index is 0.0930. The van der Waals surface area contributed by atoms with E-state index in [-0.39, 0.29) is 25.6 Å². The maximum Gasteiger partial charge on any atom is 0.368 e. The topological polar surface area (TPSA) is 171 Å². The fourth-order valence-electron chi connectivity index (χ4n) is 3.08. The standard InChI is InChI=1S/C19H31N3O10/c1-4-28-10-19(30-6-3,11-29-5-2)17(26)32-21-13-7-8-22(18(27)20-13)16-15(25)14(24)12(9-23)31-16/h7-8,12,14-16,23-25H,4-6,9-11H2,1-3H3,(H,20,21,27)/t12-,14-,15-,16-/m1/s1. The van der Waals surface area contributed by atoms with Crippen molar-refractivity contribution in [2.24, 2.45) is 0 Å². The van der Waals surface area contributed by atoms with Gasteiger partial charge in [0.2, 0.25) is 5.60 Å². The van der Waals surface area contributed by atoms with E-state index in [0.29, 0.717) is 13.2 Å². The molecule has 0 radical (unpaired) electrons. The van der Waals surface area contributed by atoms with Gasteiger partial charge >= 0.3 is 11.7 Å². The van der Waals surface area contributed by atoms with Crippen LogP contribution in [0.15, 0.2) is 17.1 Å². The lowest BCUT2D eigenvalue weighted by molar-refractivity contribution is -0.188. The molecule has 1 fully saturated rings. The Morgan fingerprint density at radius 2 is 1.84 bits per heavy atom. The Bertz CT molecular complexity index is 781. The smallest absolute Gasteiger partial charge is 0.368 e. The molecule has 0 saturated carbocycles. The molecule has 4 atom stereocenters. The van der Waals surface area contributed by atoms with Crippen LogP contribution in [-0.4, -0.2) is 94.4 Å². The summed E-state index contributed by atoms with van der Waals surface area (Å²) in [6.45, 7) is 5.43. The van der Waals surface area contributed by atoms with E-state index >= 15 is 0 Å². The van der Waals surface area contributed by atoms with Crippen LogP contribution in [0.1, 0.15) is 27.0 Å². The zero-order valence-corrected chi connectivity index (χ0v) is 18.3. The number of aliphatic hydroxyl groups is 3. The first-order valence-electron chi connectivity index (χ1n) is 10.3. The molecular formula is C19H31N3O10. The second-order valence-electron chi connectivity index (χ2n) is 6.92. The van der Waals surface area contributed by atoms with Crippen LogP contribution in [0, 0.1) is 0 Å². The van der Waals surface area contributed by atoms with E-state index in [1.54, 1.807) is 20.8 Å². The van der Waals surface area contributed by atoms with Crippen molar-refractivity contribution in [3.8, 4) is 0 Å². The number of rotatable bonds is 13. The summed E-state index contributed by atoms with van der Waals surface area (Å²) in [4.78, 5) is 34.0. The molecule has 1 aromatic heterocycles. The van der Waals surface area contributed by atoms with Gasteiger partial charge in [-0.1, -0.05) is 0 Å². The number of ether oxygens (including phenoxy) is 4. The summed E-state index contributed by atoms with van der Waals surface area (Å²) in [5, 5.41) is 29.1. The van der Waals surface area contributed by atoms with Crippen LogP contribution in [0.25, 0.3) is 0 Å². The van der Waals surface area contributed by atoms with Gasteiger partial charge in [-0.2, -0.15) is 4.98 Å². The lowest BCUT2D eigenvalue weighted by Crippen LogP contribution is -2.52. The molecule has 1 aromatic rings. The zero-order valence-electron chi connectivity index (χ0n) is 18.3. The number of nitrogens with one attached hydrogen (secondary N) is 1. The largest absolute Gasteiger partial charge is 0.394 e. The first-order chi connectivity index (χ1) is 15.3. The molecule has 0 aliphatic carbocycles. The Kier molecular flexibility index (Phi) is 9.96. The highest BCUT2D eigenvalue weighted by molar-refractivity contribution is 5.80. The minimum Gasteiger partial charge on any atom is -0.394 e. The summed E-state index contributed by atoms with van der Waals surface area (Å²) in [6.07, 6.45) is -3.84. The molecule has 32 heavy (non-hydrogen) atoms. The second-order valence-corrected chi connectivity index (χ2v) is 6.92. The van der Waals surface area contributed by atoms with Gasteiger partial charge in [-0.3, -0.25) is 4.57 Å². The van der Waals surface area contributed by atoms with Crippen molar-refractivity contribution in [3.63, 3.8) is 0 Å². The summed E-state index contributed by atoms with van der Waals surface area (Å²) < 4.78 is 22.6. The molecule has 2 heterocycles. The molecule has 1 saturated heterocycles. The van der Waals surface area contributed by atoms with Gasteiger partial charge in [0.05, 0.1) is 19.8 Å². The lowest BCUT2D eigenvalue weighted by atomic mass is 10.1. The van der Waals surface area contributed by atoms with Crippen molar-refractivity contribution in [3.05, 3.63) is 22.7 Å². The van der Waals surface area contributed by atoms with E-state index in [2.05, 4.69) is 10.5 Å². The predicted molar refractivity (Wildman–Crippen MR) is 109 cm³/mol. The molecular weight excluding hydrogens is 430 g/mol. The van der Waals surface area contributed by atoms with Gasteiger partial charge < -0.3 is 39.1 Å². The van der Waals surface area contributed by atoms with Crippen LogP contribution in [0.4, 0.5) is 5.82 Å². The zero-order chi connectivity index (χ0) is 23.7. The number of nitrogens with zero attached hydrogens (tertiary/aromatic N) is 2. The van der Waals surface area contributed by atoms with E-state index in [4.69, 9.17) is 23.8 Å². The molecule has 13 heteroatoms. The van der Waals surface area contributed by atoms with Gasteiger partial charge in [0.25, 0.3) is 0 Å². The Hall–Kier alpha value is -2.13. The normalized spacial score (nSPS) is 23.3. The molecule has 1 aliphatic rings. The fourth-order valence-corrected chi connectivity index (χ4v) is 3.08. The number of hydrogen-bond acceptors (Lipinski definition) is 12. The average Bonchev–Trinajstić information content (AvgIpc) is 3.07. The quantitative estimate of drug-likeness (QED) is 0.253. The number of carbonyl (C=O) groups is 1. The molecule has 0 bridgehead atoms. The third-order valence-electron chi connectivity index (χ3n) is 4.74. The van der Waals surface area contributed by atoms with Gasteiger partial charge in [0.1, 0.15) is 18.3 Å². The minimum atomic E-state index is -1.51. The van der Waals surface area contributed by atoms with Crippen LogP contribution in [0.5, 0.6) is 0 Å². The van der Waals surface area contributed by atoms with Crippen LogP contribution >= 0.6 is 0 Å². The first kappa shape index (κ1) is 26.1. The van der Waals surface area contributed by atoms with Gasteiger partial charge in [-0.15, -0.1) is 0 Å². The van der Waals surface area contributed by atoms with Gasteiger partial charge in [0, 0.05) is 32.1 Å². The van der Waals surface area contributed by atoms with Crippen molar-refractivity contribution in [2.75, 3.05) is 45.1 Å². The molecule has 0 aromatic carbocycles. The van der Waals surface area contributed by atoms with Crippen molar-refractivity contribution in [2.45, 2.75) is 50.9 Å². The van der Waals surface area contributed by atoms with Crippen LogP contribution < -0.4 is 11.2 Å². The average molecular weight is 461 g/mol. The number of anilines is 1. The Labute approximate surface area is 184 Å². The highest BCUT2D eigenvalue weighted by atomic mass is 16.7. The van der Waals surface area contributed by atoms with Crippen LogP contribution in [0.2, 0.25) is 0 Å². The predicted octanol–water partition coefficient (Wildman–Crippen LogP) is -1.43. The summed E-state index contributed by atoms with van der Waals surface area (Å²) in [5.41, 5.74) is -0.0588. The van der Waals surface area contributed by atoms with E-state index in [1.807, 2.05) is 0 Å². The molecule has 0 unspecified atom stereocenters. The summed E-state index contributed by atoms with van der Waals surface area (Å²) >= 11 is 0. The molecule has 182 valence electrons. The Morgan fingerprint density at radius 3 is 2.34 bits per heavy atom. The highest BCUT2D eigenvalue weighted by Crippen LogP contribution is 2.28. The molecule has 4 N–H and O–H groups in total. The number of aliphatic hydroxyl groups excluding tert-OH is 3. The maximum absolute atomic E-state index is 12.8. The molecule has 0 spiro atoms. The monoisotopic (exact) mass is 461 g/mol. The van der Waals surface area contributed by atoms with E-state index < -0.39 is 48.4 Å². The molecule has 1 aliphatic heterocycles. The first-order valence-corrected chi connectivity index (χ1v) is 10.3. The van der Waals surface area contributed by atoms with Gasteiger partial charge in [0.15, 0.2) is 12.0 Å². The van der Waals surface area contributed by atoms with Crippen molar-refractivity contribution in [1.82, 2.24) is 9.55 Å². The number of carbonyl (C=O) groups excluding carboxylic acids is 1. The van der Waals surface area contributed by atoms with Crippen molar-refractivity contribution >= 4 is 11.8 Å². The Balaban J connectivity index is 2.11. The van der Waals surface area contributed by atoms with Gasteiger partial charge in [-0.25, -0.2) is 15.1 Å². The van der Waals surface area contributed by atoms with Crippen LogP contribution in [-0.2, 0) is 28.6 Å². The van der Waals surface area contributed by atoms with E-state index in [0.717, 1.165) is 4.57 Å². The summed E-state index contributed by atoms with van der Waals surface area (Å²) in [6, 6.07) is 1.30. The summed E-state index contributed by atoms with van der Waals surface area (Å²) in [5.74, 6) is -0.916. The van der Waals surface area contributed by atoms with Crippen molar-refractivity contribution in [1.29, 1.82) is 0 Å². The van der Waals surface area contributed by atoms with E-state index in [9.17, 15) is 24.9 Å². The van der Waals surface area contributed by atoms with E-state index in [1.165, 1.54) is 12.3 Å². The third-order valence-corrected chi connectivity index (χ3v) is 4.74. The maximum atomic E-state index is 12.8. The van der Waals surface area contributed by atoms with Gasteiger partial charge in [-0.05, 0) is 20.8 Å². The molecule has 0 amide bonds. The van der Waals surface area contributed by atoms with Crippen molar-refractivity contribution < 1.29 is 43.9 Å². The molecule has 13 nitrogen and oxygen atoms in total. The highest BCUT2D eigenvalue weighted by Gasteiger charge is 2.44. The van der Waals surface area contributed by atoms with Crippen LogP contribution in [0.3, 0.4) is 0 Å². The fraction of sp³-hybridized carbons (Fsp3) is 0.737.